The topological polar surface area (TPSA) is 120 Å². The summed E-state index contributed by atoms with van der Waals surface area (Å²) in [6.07, 6.45) is -0.0123. The molecule has 0 aromatic carbocycles. The van der Waals surface area contributed by atoms with Crippen LogP contribution in [0, 0.1) is 11.8 Å². The van der Waals surface area contributed by atoms with Gasteiger partial charge in [0.25, 0.3) is 0 Å². The molecule has 0 saturated carbocycles. The number of fused-ring (bicyclic) bond motifs is 1. The van der Waals surface area contributed by atoms with Crippen LogP contribution in [0.2, 0.25) is 0 Å². The van der Waals surface area contributed by atoms with E-state index in [2.05, 4.69) is 31.5 Å². The highest BCUT2D eigenvalue weighted by atomic mass is 79.9. The Morgan fingerprint density at radius 3 is 2.68 bits per heavy atom. The van der Waals surface area contributed by atoms with Gasteiger partial charge in [-0.1, -0.05) is 15.9 Å². The molecular formula is C20H31BrN4O6. The molecule has 174 valence electrons. The van der Waals surface area contributed by atoms with Gasteiger partial charge in [0.2, 0.25) is 17.7 Å². The number of alkyl halides is 1. The molecule has 4 aliphatic rings. The van der Waals surface area contributed by atoms with Gasteiger partial charge in [-0.25, -0.2) is 0 Å². The van der Waals surface area contributed by atoms with Crippen LogP contribution < -0.4 is 10.6 Å². The molecule has 4 rings (SSSR count). The number of carbonyl (C=O) groups excluding carboxylic acids is 3. The van der Waals surface area contributed by atoms with Crippen LogP contribution in [-0.2, 0) is 23.9 Å². The number of aliphatic hydroxyl groups excluding tert-OH is 1. The first-order valence-electron chi connectivity index (χ1n) is 10.9. The largest absolute Gasteiger partial charge is 0.394 e. The smallest absolute Gasteiger partial charge is 0.245 e. The average Bonchev–Trinajstić information content (AvgIpc) is 3.36. The van der Waals surface area contributed by atoms with Crippen LogP contribution in [0.5, 0.6) is 0 Å². The maximum Gasteiger partial charge on any atom is 0.245 e. The Morgan fingerprint density at radius 2 is 2.03 bits per heavy atom. The fourth-order valence-corrected chi connectivity index (χ4v) is 6.60. The van der Waals surface area contributed by atoms with Crippen LogP contribution in [0.25, 0.3) is 0 Å². The van der Waals surface area contributed by atoms with E-state index in [1.807, 2.05) is 0 Å². The predicted octanol–water partition coefficient (Wildman–Crippen LogP) is -1.69. The first-order chi connectivity index (χ1) is 14.9. The van der Waals surface area contributed by atoms with Gasteiger partial charge in [0.1, 0.15) is 11.6 Å². The minimum absolute atomic E-state index is 0.133. The molecular weight excluding hydrogens is 472 g/mol. The van der Waals surface area contributed by atoms with E-state index in [1.54, 1.807) is 6.92 Å². The monoisotopic (exact) mass is 502 g/mol. The van der Waals surface area contributed by atoms with Gasteiger partial charge < -0.3 is 30.1 Å². The molecule has 4 heterocycles. The minimum atomic E-state index is -1.08. The van der Waals surface area contributed by atoms with Crippen molar-refractivity contribution in [2.75, 3.05) is 53.0 Å². The van der Waals surface area contributed by atoms with Crippen molar-refractivity contribution in [3.8, 4) is 0 Å². The van der Waals surface area contributed by atoms with Gasteiger partial charge in [0, 0.05) is 38.1 Å². The molecule has 3 N–H and O–H groups in total. The fraction of sp³-hybridized carbons (Fsp3) is 0.850. The Morgan fingerprint density at radius 1 is 1.32 bits per heavy atom. The molecule has 0 aliphatic carbocycles. The van der Waals surface area contributed by atoms with E-state index in [0.29, 0.717) is 32.7 Å². The van der Waals surface area contributed by atoms with Gasteiger partial charge in [-0.2, -0.15) is 0 Å². The first-order valence-corrected chi connectivity index (χ1v) is 11.8. The van der Waals surface area contributed by atoms with Crippen molar-refractivity contribution >= 4 is 33.7 Å². The molecule has 10 nitrogen and oxygen atoms in total. The third kappa shape index (κ3) is 3.68. The van der Waals surface area contributed by atoms with Crippen LogP contribution in [-0.4, -0.2) is 114 Å². The number of rotatable bonds is 7. The second-order valence-electron chi connectivity index (χ2n) is 8.80. The maximum atomic E-state index is 13.5. The van der Waals surface area contributed by atoms with Crippen molar-refractivity contribution in [2.24, 2.45) is 11.8 Å². The Kier molecular flexibility index (Phi) is 6.60. The molecule has 4 saturated heterocycles. The quantitative estimate of drug-likeness (QED) is 0.355. The van der Waals surface area contributed by atoms with Gasteiger partial charge in [0.05, 0.1) is 43.8 Å². The second kappa shape index (κ2) is 8.93. The Hall–Kier alpha value is -1.27. The zero-order valence-corrected chi connectivity index (χ0v) is 19.5. The zero-order valence-electron chi connectivity index (χ0n) is 17.9. The van der Waals surface area contributed by atoms with Gasteiger partial charge in [-0.05, 0) is 13.3 Å². The third-order valence-corrected chi connectivity index (χ3v) is 7.94. The normalized spacial score (nSPS) is 38.3. The minimum Gasteiger partial charge on any atom is -0.394 e. The lowest BCUT2D eigenvalue weighted by Gasteiger charge is -2.36. The highest BCUT2D eigenvalue weighted by molar-refractivity contribution is 9.09. The lowest BCUT2D eigenvalue weighted by molar-refractivity contribution is -0.145. The summed E-state index contributed by atoms with van der Waals surface area (Å²) >= 11 is 3.61. The summed E-state index contributed by atoms with van der Waals surface area (Å²) in [6.45, 7) is 5.55. The molecule has 2 bridgehead atoms. The van der Waals surface area contributed by atoms with Crippen LogP contribution in [0.1, 0.15) is 13.3 Å². The summed E-state index contributed by atoms with van der Waals surface area (Å²) in [5.41, 5.74) is -1.08. The molecule has 0 aromatic rings. The number of amides is 3. The number of halogens is 1. The number of nitrogens with zero attached hydrogens (tertiary/aromatic N) is 2. The van der Waals surface area contributed by atoms with Crippen molar-refractivity contribution in [1.82, 2.24) is 20.4 Å². The molecule has 3 amide bonds. The molecule has 0 aromatic heterocycles. The highest BCUT2D eigenvalue weighted by Gasteiger charge is 2.76. The lowest BCUT2D eigenvalue weighted by Crippen LogP contribution is -2.58. The van der Waals surface area contributed by atoms with Gasteiger partial charge in [-0.3, -0.25) is 19.3 Å². The second-order valence-corrected chi connectivity index (χ2v) is 9.98. The molecule has 4 aliphatic heterocycles. The van der Waals surface area contributed by atoms with E-state index >= 15 is 0 Å². The zero-order chi connectivity index (χ0) is 22.3. The van der Waals surface area contributed by atoms with Crippen molar-refractivity contribution in [3.63, 3.8) is 0 Å². The van der Waals surface area contributed by atoms with Crippen molar-refractivity contribution in [1.29, 1.82) is 0 Å². The fourth-order valence-electron chi connectivity index (χ4n) is 5.65. The summed E-state index contributed by atoms with van der Waals surface area (Å²) in [5.74, 6) is -2.28. The number of morpholine rings is 1. The van der Waals surface area contributed by atoms with Crippen molar-refractivity contribution in [2.45, 2.75) is 42.0 Å². The third-order valence-electron chi connectivity index (χ3n) is 7.09. The number of carbonyl (C=O) groups is 3. The van der Waals surface area contributed by atoms with E-state index in [4.69, 9.17) is 9.47 Å². The molecule has 4 fully saturated rings. The predicted molar refractivity (Wildman–Crippen MR) is 113 cm³/mol. The van der Waals surface area contributed by atoms with Crippen molar-refractivity contribution < 1.29 is 29.0 Å². The van der Waals surface area contributed by atoms with Gasteiger partial charge >= 0.3 is 0 Å². The van der Waals surface area contributed by atoms with E-state index in [-0.39, 0.29) is 29.2 Å². The Balaban J connectivity index is 1.57. The van der Waals surface area contributed by atoms with Crippen LogP contribution in [0.3, 0.4) is 0 Å². The standard InChI is InChI=1S/C20H31BrN4O6/c1-11(10-26)25-16(18(28)23-3-4-24-5-7-30-8-6-24)20-9-12(21)15(31-20)13(17(27)22-2)14(20)19(25)29/h11-16,26H,3-10H2,1-2H3,(H,22,27)(H,23,28)/t11-,12?,13-,14+,15-,16?,20?/m1/s1. The molecule has 11 heteroatoms. The van der Waals surface area contributed by atoms with Gasteiger partial charge in [0.15, 0.2) is 0 Å². The summed E-state index contributed by atoms with van der Waals surface area (Å²) in [7, 11) is 1.54. The Bertz CT molecular complexity index is 734. The summed E-state index contributed by atoms with van der Waals surface area (Å²) in [4.78, 5) is 43.1. The molecule has 0 radical (unpaired) electrons. The highest BCUT2D eigenvalue weighted by Crippen LogP contribution is 2.60. The SMILES string of the molecule is CNC(=O)[C@H]1[C@@H]2OC3(CC2Br)C(C(=O)NCCN2CCOCC2)N([C@H](C)CO)C(=O)[C@H]13. The van der Waals surface area contributed by atoms with E-state index in [0.717, 1.165) is 13.1 Å². The Labute approximate surface area is 190 Å². The average molecular weight is 503 g/mol. The maximum absolute atomic E-state index is 13.5. The van der Waals surface area contributed by atoms with Crippen LogP contribution in [0.15, 0.2) is 0 Å². The molecule has 3 unspecified atom stereocenters. The molecule has 1 spiro atoms. The van der Waals surface area contributed by atoms with E-state index in [9.17, 15) is 19.5 Å². The number of likely N-dealkylation sites (tertiary alicyclic amines) is 1. The summed E-state index contributed by atoms with van der Waals surface area (Å²) in [5, 5.41) is 15.4. The number of hydrogen-bond donors (Lipinski definition) is 3. The van der Waals surface area contributed by atoms with E-state index in [1.165, 1.54) is 11.9 Å². The summed E-state index contributed by atoms with van der Waals surface area (Å²) in [6, 6.07) is -1.46. The van der Waals surface area contributed by atoms with E-state index < -0.39 is 35.6 Å². The van der Waals surface area contributed by atoms with Crippen LogP contribution in [0.4, 0.5) is 0 Å². The number of aliphatic hydroxyl groups is 1. The number of ether oxygens (including phenoxy) is 2. The van der Waals surface area contributed by atoms with Gasteiger partial charge in [-0.15, -0.1) is 0 Å². The van der Waals surface area contributed by atoms with Crippen molar-refractivity contribution in [3.05, 3.63) is 0 Å². The van der Waals surface area contributed by atoms with Crippen LogP contribution >= 0.6 is 15.9 Å². The lowest BCUT2D eigenvalue weighted by atomic mass is 9.70. The number of nitrogens with one attached hydrogen (secondary N) is 2. The number of hydrogen-bond acceptors (Lipinski definition) is 7. The molecule has 31 heavy (non-hydrogen) atoms. The molecule has 7 atom stereocenters. The first kappa shape index (κ1) is 22.9. The summed E-state index contributed by atoms with van der Waals surface area (Å²) < 4.78 is 11.7.